The van der Waals surface area contributed by atoms with Gasteiger partial charge in [0.15, 0.2) is 0 Å². The lowest BCUT2D eigenvalue weighted by atomic mass is 9.80. The highest BCUT2D eigenvalue weighted by Gasteiger charge is 2.40. The van der Waals surface area contributed by atoms with E-state index in [2.05, 4.69) is 22.9 Å². The van der Waals surface area contributed by atoms with Crippen LogP contribution >= 0.6 is 0 Å². The number of nitrogens with zero attached hydrogens (tertiary/aromatic N) is 1. The summed E-state index contributed by atoms with van der Waals surface area (Å²) in [5, 5.41) is 19.7. The minimum atomic E-state index is -0.882. The summed E-state index contributed by atoms with van der Waals surface area (Å²) < 4.78 is 0. The Morgan fingerprint density at radius 1 is 1.19 bits per heavy atom. The van der Waals surface area contributed by atoms with Crippen molar-refractivity contribution in [3.8, 4) is 0 Å². The number of anilines is 1. The molecule has 0 bridgehead atoms. The molecule has 3 N–H and O–H groups in total. The highest BCUT2D eigenvalue weighted by Crippen LogP contribution is 2.29. The van der Waals surface area contributed by atoms with Crippen molar-refractivity contribution >= 4 is 23.2 Å². The number of hydrogen-bond donors (Lipinski definition) is 3. The molecule has 1 aliphatic carbocycles. The molecule has 0 aliphatic heterocycles. The molecule has 0 saturated heterocycles. The van der Waals surface area contributed by atoms with Crippen molar-refractivity contribution in [3.05, 3.63) is 34.4 Å². The quantitative estimate of drug-likeness (QED) is 0.348. The third kappa shape index (κ3) is 5.67. The molecule has 1 aromatic rings. The van der Waals surface area contributed by atoms with Crippen LogP contribution in [0, 0.1) is 10.1 Å². The first kappa shape index (κ1) is 20.7. The minimum absolute atomic E-state index is 0.0880. The molecule has 8 nitrogen and oxygen atoms in total. The number of carbonyl (C=O) groups excluding carboxylic acids is 2. The predicted octanol–water partition coefficient (Wildman–Crippen LogP) is 2.74. The first-order chi connectivity index (χ1) is 13.0. The number of hydrogen-bond acceptors (Lipinski definition) is 5. The fourth-order valence-electron chi connectivity index (χ4n) is 3.38. The Bertz CT molecular complexity index is 671. The predicted molar refractivity (Wildman–Crippen MR) is 103 cm³/mol. The second-order valence-electron chi connectivity index (χ2n) is 6.93. The van der Waals surface area contributed by atoms with Crippen LogP contribution in [-0.4, -0.2) is 35.4 Å². The molecule has 148 valence electrons. The lowest BCUT2D eigenvalue weighted by molar-refractivity contribution is -0.383. The second-order valence-corrected chi connectivity index (χ2v) is 6.93. The Balaban J connectivity index is 1.99. The monoisotopic (exact) mass is 376 g/mol. The number of nitro groups is 1. The molecule has 0 unspecified atom stereocenters. The van der Waals surface area contributed by atoms with Crippen LogP contribution in [0.15, 0.2) is 24.3 Å². The van der Waals surface area contributed by atoms with Gasteiger partial charge in [-0.25, -0.2) is 0 Å². The fraction of sp³-hybridized carbons (Fsp3) is 0.579. The van der Waals surface area contributed by atoms with Gasteiger partial charge in [-0.3, -0.25) is 19.7 Å². The van der Waals surface area contributed by atoms with E-state index in [9.17, 15) is 19.7 Å². The number of unbranched alkanes of at least 4 members (excludes halogenated alkanes) is 1. The van der Waals surface area contributed by atoms with Crippen LogP contribution in [0.3, 0.4) is 0 Å². The fourth-order valence-corrected chi connectivity index (χ4v) is 3.38. The SMILES string of the molecule is CCCCNC(=O)C1(NC(=O)CNc2ccccc2[N+](=O)[O-])CCCCC1. The molecule has 1 fully saturated rings. The van der Waals surface area contributed by atoms with Gasteiger partial charge in [0.2, 0.25) is 11.8 Å². The van der Waals surface area contributed by atoms with Crippen molar-refractivity contribution in [1.82, 2.24) is 10.6 Å². The lowest BCUT2D eigenvalue weighted by Crippen LogP contribution is -2.60. The summed E-state index contributed by atoms with van der Waals surface area (Å²) in [7, 11) is 0. The van der Waals surface area contributed by atoms with E-state index >= 15 is 0 Å². The Hall–Kier alpha value is -2.64. The van der Waals surface area contributed by atoms with Crippen molar-refractivity contribution < 1.29 is 14.5 Å². The van der Waals surface area contributed by atoms with Crippen LogP contribution in [0.25, 0.3) is 0 Å². The van der Waals surface area contributed by atoms with E-state index in [0.29, 0.717) is 19.4 Å². The van der Waals surface area contributed by atoms with Gasteiger partial charge in [-0.05, 0) is 25.3 Å². The summed E-state index contributed by atoms with van der Waals surface area (Å²) in [6, 6.07) is 6.17. The molecule has 0 heterocycles. The molecule has 1 aliphatic rings. The molecule has 0 aromatic heterocycles. The van der Waals surface area contributed by atoms with Crippen molar-refractivity contribution in [1.29, 1.82) is 0 Å². The van der Waals surface area contributed by atoms with Crippen molar-refractivity contribution in [3.63, 3.8) is 0 Å². The van der Waals surface area contributed by atoms with E-state index in [-0.39, 0.29) is 29.7 Å². The number of nitro benzene ring substituents is 1. The highest BCUT2D eigenvalue weighted by atomic mass is 16.6. The Kier molecular flexibility index (Phi) is 7.57. The van der Waals surface area contributed by atoms with Gasteiger partial charge >= 0.3 is 0 Å². The van der Waals surface area contributed by atoms with Gasteiger partial charge in [0.05, 0.1) is 11.5 Å². The summed E-state index contributed by atoms with van der Waals surface area (Å²) in [6.07, 6.45) is 5.94. The van der Waals surface area contributed by atoms with Crippen LogP contribution < -0.4 is 16.0 Å². The van der Waals surface area contributed by atoms with Gasteiger partial charge in [0.1, 0.15) is 11.2 Å². The molecular weight excluding hydrogens is 348 g/mol. The number of amides is 2. The average Bonchev–Trinajstić information content (AvgIpc) is 2.67. The summed E-state index contributed by atoms with van der Waals surface area (Å²) in [5.41, 5.74) is -0.689. The zero-order valence-electron chi connectivity index (χ0n) is 15.8. The maximum absolute atomic E-state index is 12.7. The summed E-state index contributed by atoms with van der Waals surface area (Å²) >= 11 is 0. The van der Waals surface area contributed by atoms with Gasteiger partial charge in [0.25, 0.3) is 5.69 Å². The first-order valence-electron chi connectivity index (χ1n) is 9.55. The van der Waals surface area contributed by atoms with Crippen molar-refractivity contribution in [2.45, 2.75) is 57.4 Å². The van der Waals surface area contributed by atoms with Gasteiger partial charge in [-0.15, -0.1) is 0 Å². The topological polar surface area (TPSA) is 113 Å². The summed E-state index contributed by atoms with van der Waals surface area (Å²) in [4.78, 5) is 35.8. The largest absolute Gasteiger partial charge is 0.371 e. The standard InChI is InChI=1S/C19H28N4O4/c1-2-3-13-20-18(25)19(11-7-4-8-12-19)22-17(24)14-21-15-9-5-6-10-16(15)23(26)27/h5-6,9-10,21H,2-4,7-8,11-14H2,1H3,(H,20,25)(H,22,24). The molecule has 8 heteroatoms. The maximum atomic E-state index is 12.7. The van der Waals surface area contributed by atoms with Gasteiger partial charge in [-0.1, -0.05) is 44.7 Å². The second kappa shape index (κ2) is 9.89. The van der Waals surface area contributed by atoms with E-state index in [1.807, 2.05) is 0 Å². The zero-order valence-corrected chi connectivity index (χ0v) is 15.8. The van der Waals surface area contributed by atoms with Crippen molar-refractivity contribution in [2.75, 3.05) is 18.4 Å². The van der Waals surface area contributed by atoms with Crippen LogP contribution in [0.4, 0.5) is 11.4 Å². The van der Waals surface area contributed by atoms with Crippen LogP contribution in [0.2, 0.25) is 0 Å². The smallest absolute Gasteiger partial charge is 0.292 e. The molecule has 1 saturated carbocycles. The molecule has 27 heavy (non-hydrogen) atoms. The Labute approximate surface area is 159 Å². The molecule has 2 amide bonds. The molecule has 0 radical (unpaired) electrons. The maximum Gasteiger partial charge on any atom is 0.292 e. The average molecular weight is 376 g/mol. The van der Waals surface area contributed by atoms with Gasteiger partial charge in [-0.2, -0.15) is 0 Å². The molecular formula is C19H28N4O4. The molecule has 1 aromatic carbocycles. The normalized spacial score (nSPS) is 15.6. The summed E-state index contributed by atoms with van der Waals surface area (Å²) in [5.74, 6) is -0.476. The van der Waals surface area contributed by atoms with E-state index in [1.54, 1.807) is 18.2 Å². The number of benzene rings is 1. The van der Waals surface area contributed by atoms with Gasteiger partial charge < -0.3 is 16.0 Å². The Morgan fingerprint density at radius 2 is 1.89 bits per heavy atom. The Morgan fingerprint density at radius 3 is 2.56 bits per heavy atom. The van der Waals surface area contributed by atoms with Crippen LogP contribution in [-0.2, 0) is 9.59 Å². The van der Waals surface area contributed by atoms with Crippen LogP contribution in [0.5, 0.6) is 0 Å². The zero-order chi connectivity index (χ0) is 19.7. The van der Waals surface area contributed by atoms with Crippen molar-refractivity contribution in [2.24, 2.45) is 0 Å². The molecule has 0 atom stereocenters. The van der Waals surface area contributed by atoms with E-state index in [4.69, 9.17) is 0 Å². The third-order valence-electron chi connectivity index (χ3n) is 4.88. The van der Waals surface area contributed by atoms with E-state index < -0.39 is 10.5 Å². The van der Waals surface area contributed by atoms with Crippen LogP contribution in [0.1, 0.15) is 51.9 Å². The number of rotatable bonds is 9. The first-order valence-corrected chi connectivity index (χ1v) is 9.55. The number of para-hydroxylation sites is 2. The third-order valence-corrected chi connectivity index (χ3v) is 4.88. The van der Waals surface area contributed by atoms with E-state index in [0.717, 1.165) is 32.1 Å². The minimum Gasteiger partial charge on any atom is -0.371 e. The highest BCUT2D eigenvalue weighted by molar-refractivity contribution is 5.93. The molecule has 0 spiro atoms. The lowest BCUT2D eigenvalue weighted by Gasteiger charge is -2.36. The summed E-state index contributed by atoms with van der Waals surface area (Å²) in [6.45, 7) is 2.52. The van der Waals surface area contributed by atoms with E-state index in [1.165, 1.54) is 6.07 Å². The molecule has 2 rings (SSSR count). The van der Waals surface area contributed by atoms with Gasteiger partial charge in [0, 0.05) is 12.6 Å². The number of nitrogens with one attached hydrogen (secondary N) is 3. The number of carbonyl (C=O) groups is 2.